The number of benzene rings is 1. The van der Waals surface area contributed by atoms with Crippen LogP contribution in [0.15, 0.2) is 30.6 Å². The number of aryl methyl sites for hydroxylation is 1. The zero-order valence-electron chi connectivity index (χ0n) is 14.7. The van der Waals surface area contributed by atoms with E-state index in [9.17, 15) is 9.18 Å². The molecule has 27 heavy (non-hydrogen) atoms. The van der Waals surface area contributed by atoms with Crippen LogP contribution in [0, 0.1) is 12.7 Å². The van der Waals surface area contributed by atoms with Crippen molar-refractivity contribution in [3.63, 3.8) is 0 Å². The van der Waals surface area contributed by atoms with Crippen LogP contribution in [-0.2, 0) is 13.0 Å². The third-order valence-electron chi connectivity index (χ3n) is 4.66. The van der Waals surface area contributed by atoms with Crippen LogP contribution in [0.5, 0.6) is 0 Å². The van der Waals surface area contributed by atoms with Crippen molar-refractivity contribution in [3.05, 3.63) is 63.9 Å². The summed E-state index contributed by atoms with van der Waals surface area (Å²) >= 11 is 6.33. The number of rotatable bonds is 2. The molecule has 0 saturated heterocycles. The molecular formula is C18H16ClFN6O. The van der Waals surface area contributed by atoms with E-state index in [0.29, 0.717) is 29.2 Å². The van der Waals surface area contributed by atoms with E-state index in [1.807, 2.05) is 26.0 Å². The molecule has 3 aromatic rings. The molecule has 1 amide bonds. The third-order valence-corrected chi connectivity index (χ3v) is 5.17. The molecule has 0 saturated carbocycles. The van der Waals surface area contributed by atoms with Gasteiger partial charge >= 0.3 is 0 Å². The number of amides is 1. The maximum Gasteiger partial charge on any atom is 0.255 e. The van der Waals surface area contributed by atoms with Gasteiger partial charge in [0, 0.05) is 12.5 Å². The fourth-order valence-electron chi connectivity index (χ4n) is 3.18. The van der Waals surface area contributed by atoms with Gasteiger partial charge in [0.25, 0.3) is 11.9 Å². The van der Waals surface area contributed by atoms with Crippen LogP contribution >= 0.6 is 11.6 Å². The molecule has 9 heteroatoms. The summed E-state index contributed by atoms with van der Waals surface area (Å²) in [7, 11) is 0. The van der Waals surface area contributed by atoms with Gasteiger partial charge in [-0.15, -0.1) is 5.10 Å². The number of halogens is 2. The number of nitrogens with zero attached hydrogens (tertiary/aromatic N) is 6. The largest absolute Gasteiger partial charge is 0.329 e. The van der Waals surface area contributed by atoms with Gasteiger partial charge < -0.3 is 4.90 Å². The Morgan fingerprint density at radius 3 is 2.78 bits per heavy atom. The predicted molar refractivity (Wildman–Crippen MR) is 96.1 cm³/mol. The smallest absolute Gasteiger partial charge is 0.255 e. The van der Waals surface area contributed by atoms with Crippen LogP contribution < -0.4 is 0 Å². The maximum atomic E-state index is 13.1. The zero-order chi connectivity index (χ0) is 19.1. The fraction of sp³-hybridized carbons (Fsp3) is 0.278. The van der Waals surface area contributed by atoms with Crippen LogP contribution in [0.2, 0.25) is 5.02 Å². The minimum atomic E-state index is -0.520. The quantitative estimate of drug-likeness (QED) is 0.676. The summed E-state index contributed by atoms with van der Waals surface area (Å²) in [6, 6.07) is 5.31. The minimum absolute atomic E-state index is 0.0979. The zero-order valence-corrected chi connectivity index (χ0v) is 15.5. The first-order valence-electron chi connectivity index (χ1n) is 8.43. The van der Waals surface area contributed by atoms with E-state index in [1.54, 1.807) is 11.0 Å². The van der Waals surface area contributed by atoms with Crippen molar-refractivity contribution in [2.45, 2.75) is 32.9 Å². The molecule has 1 aliphatic heterocycles. The summed E-state index contributed by atoms with van der Waals surface area (Å²) in [5, 5.41) is 8.72. The Hall–Kier alpha value is -2.87. The second kappa shape index (κ2) is 6.70. The van der Waals surface area contributed by atoms with Gasteiger partial charge in [-0.1, -0.05) is 28.9 Å². The second-order valence-electron chi connectivity index (χ2n) is 6.52. The van der Waals surface area contributed by atoms with E-state index >= 15 is 0 Å². The van der Waals surface area contributed by atoms with Crippen molar-refractivity contribution in [1.29, 1.82) is 0 Å². The second-order valence-corrected chi connectivity index (χ2v) is 6.90. The van der Waals surface area contributed by atoms with Crippen LogP contribution in [0.3, 0.4) is 0 Å². The van der Waals surface area contributed by atoms with Crippen LogP contribution in [-0.4, -0.2) is 41.8 Å². The summed E-state index contributed by atoms with van der Waals surface area (Å²) in [6.45, 7) is 4.12. The summed E-state index contributed by atoms with van der Waals surface area (Å²) in [5.41, 5.74) is 2.81. The summed E-state index contributed by atoms with van der Waals surface area (Å²) in [4.78, 5) is 22.7. The highest BCUT2D eigenvalue weighted by Gasteiger charge is 2.32. The van der Waals surface area contributed by atoms with Crippen molar-refractivity contribution >= 4 is 17.5 Å². The van der Waals surface area contributed by atoms with Crippen LogP contribution in [0.1, 0.15) is 34.2 Å². The van der Waals surface area contributed by atoms with Crippen molar-refractivity contribution in [2.24, 2.45) is 0 Å². The van der Waals surface area contributed by atoms with Gasteiger partial charge in [-0.2, -0.15) is 4.68 Å². The molecule has 2 aromatic heterocycles. The highest BCUT2D eigenvalue weighted by Crippen LogP contribution is 2.27. The minimum Gasteiger partial charge on any atom is -0.329 e. The van der Waals surface area contributed by atoms with Gasteiger partial charge in [0.05, 0.1) is 35.2 Å². The van der Waals surface area contributed by atoms with Gasteiger partial charge in [0.1, 0.15) is 5.69 Å². The molecule has 0 spiro atoms. The molecule has 0 N–H and O–H groups in total. The fourth-order valence-corrected chi connectivity index (χ4v) is 3.39. The van der Waals surface area contributed by atoms with Gasteiger partial charge in [-0.05, 0) is 25.5 Å². The number of aromatic nitrogens is 5. The van der Waals surface area contributed by atoms with E-state index in [0.717, 1.165) is 23.7 Å². The number of hydrogen-bond donors (Lipinski definition) is 0. The van der Waals surface area contributed by atoms with Gasteiger partial charge in [0.15, 0.2) is 5.82 Å². The normalized spacial score (nSPS) is 16.3. The first-order chi connectivity index (χ1) is 13.0. The van der Waals surface area contributed by atoms with E-state index in [1.165, 1.54) is 4.68 Å². The lowest BCUT2D eigenvalue weighted by atomic mass is 10.0. The average Bonchev–Trinajstić information content (AvgIpc) is 3.06. The van der Waals surface area contributed by atoms with E-state index in [-0.39, 0.29) is 17.9 Å². The summed E-state index contributed by atoms with van der Waals surface area (Å²) < 4.78 is 14.6. The Kier molecular flexibility index (Phi) is 4.35. The first-order valence-corrected chi connectivity index (χ1v) is 8.81. The van der Waals surface area contributed by atoms with E-state index in [2.05, 4.69) is 20.3 Å². The Morgan fingerprint density at radius 1 is 1.30 bits per heavy atom. The highest BCUT2D eigenvalue weighted by atomic mass is 35.5. The van der Waals surface area contributed by atoms with Gasteiger partial charge in [0.2, 0.25) is 0 Å². The standard InChI is InChI=1S/C18H16ClFN6O/c1-10-4-3-5-13(16(10)19)17(27)25-9-14-15(6-11(25)2)26(24-23-14)18-21-7-12(20)8-22-18/h3-5,7-8,11H,6,9H2,1-2H3. The number of hydrogen-bond acceptors (Lipinski definition) is 5. The molecule has 0 fully saturated rings. The highest BCUT2D eigenvalue weighted by molar-refractivity contribution is 6.34. The predicted octanol–water partition coefficient (Wildman–Crippen LogP) is 2.75. The third kappa shape index (κ3) is 3.06. The number of fused-ring (bicyclic) bond motifs is 1. The average molecular weight is 387 g/mol. The van der Waals surface area contributed by atoms with E-state index < -0.39 is 5.82 Å². The number of carbonyl (C=O) groups excluding carboxylic acids is 1. The monoisotopic (exact) mass is 386 g/mol. The molecule has 1 aromatic carbocycles. The lowest BCUT2D eigenvalue weighted by Crippen LogP contribution is -2.43. The molecule has 0 bridgehead atoms. The van der Waals surface area contributed by atoms with Crippen molar-refractivity contribution in [2.75, 3.05) is 0 Å². The number of carbonyl (C=O) groups is 1. The molecule has 138 valence electrons. The topological polar surface area (TPSA) is 76.8 Å². The Balaban J connectivity index is 1.65. The molecule has 0 aliphatic carbocycles. The van der Waals surface area contributed by atoms with Gasteiger partial charge in [-0.25, -0.2) is 14.4 Å². The van der Waals surface area contributed by atoms with Crippen molar-refractivity contribution in [3.8, 4) is 5.95 Å². The van der Waals surface area contributed by atoms with Gasteiger partial charge in [-0.3, -0.25) is 4.79 Å². The lowest BCUT2D eigenvalue weighted by molar-refractivity contribution is 0.0653. The molecular weight excluding hydrogens is 371 g/mol. The first kappa shape index (κ1) is 17.5. The SMILES string of the molecule is Cc1cccc(C(=O)N2Cc3nnn(-c4ncc(F)cn4)c3CC2C)c1Cl. The van der Waals surface area contributed by atoms with E-state index in [4.69, 9.17) is 11.6 Å². The van der Waals surface area contributed by atoms with Crippen molar-refractivity contribution < 1.29 is 9.18 Å². The Labute approximate surface area is 159 Å². The molecule has 1 unspecified atom stereocenters. The van der Waals surface area contributed by atoms with Crippen molar-refractivity contribution in [1.82, 2.24) is 29.9 Å². The summed E-state index contributed by atoms with van der Waals surface area (Å²) in [6.07, 6.45) is 2.69. The molecule has 7 nitrogen and oxygen atoms in total. The van der Waals surface area contributed by atoms with Crippen LogP contribution in [0.4, 0.5) is 4.39 Å². The maximum absolute atomic E-state index is 13.1. The molecule has 0 radical (unpaired) electrons. The summed E-state index contributed by atoms with van der Waals surface area (Å²) in [5.74, 6) is -0.416. The Morgan fingerprint density at radius 2 is 2.04 bits per heavy atom. The molecule has 4 rings (SSSR count). The molecule has 1 aliphatic rings. The Bertz CT molecular complexity index is 1020. The lowest BCUT2D eigenvalue weighted by Gasteiger charge is -2.33. The van der Waals surface area contributed by atoms with Crippen LogP contribution in [0.25, 0.3) is 5.95 Å². The molecule has 1 atom stereocenters. The molecule has 3 heterocycles.